The highest BCUT2D eigenvalue weighted by Gasteiger charge is 2.59. The van der Waals surface area contributed by atoms with Crippen LogP contribution < -0.4 is 0 Å². The van der Waals surface area contributed by atoms with E-state index in [0.29, 0.717) is 17.3 Å². The number of esters is 1. The second-order valence-electron chi connectivity index (χ2n) is 17.0. The minimum absolute atomic E-state index is 0.0368. The molecule has 0 N–H and O–H groups in total. The molecular formula is C45H72O2. The fraction of sp³-hybridized carbons (Fsp3) is 0.756. The van der Waals surface area contributed by atoms with Gasteiger partial charge in [-0.05, 0) is 117 Å². The standard InChI is InChI=1S/C45H72O2/c1-7-8-9-10-11-12-13-14-15-16-17-18-19-20-21-25-43(46)47-38-30-32-44(5)37(34-38)26-27-39-41-29-28-40(36(4)24-22-23-35(2)3)45(41,6)33-31-42(39)44/h8-15,26,35-36,38-42H,7,16-25,27-34H2,1-6H3/b9-8+,11-10+,13-12+,15-14+. The topological polar surface area (TPSA) is 26.3 Å². The van der Waals surface area contributed by atoms with E-state index in [9.17, 15) is 4.79 Å². The molecule has 2 heteroatoms. The van der Waals surface area contributed by atoms with Crippen LogP contribution in [0.15, 0.2) is 60.3 Å². The van der Waals surface area contributed by atoms with Crippen molar-refractivity contribution in [3.63, 3.8) is 0 Å². The van der Waals surface area contributed by atoms with Gasteiger partial charge in [-0.15, -0.1) is 0 Å². The van der Waals surface area contributed by atoms with Gasteiger partial charge in [0.25, 0.3) is 0 Å². The van der Waals surface area contributed by atoms with Crippen molar-refractivity contribution < 1.29 is 9.53 Å². The molecule has 8 atom stereocenters. The summed E-state index contributed by atoms with van der Waals surface area (Å²) < 4.78 is 6.11. The van der Waals surface area contributed by atoms with Crippen LogP contribution in [0.1, 0.15) is 164 Å². The Morgan fingerprint density at radius 1 is 0.830 bits per heavy atom. The average molecular weight is 645 g/mol. The van der Waals surface area contributed by atoms with Crippen molar-refractivity contribution in [3.05, 3.63) is 60.3 Å². The normalized spacial score (nSPS) is 33.1. The number of unbranched alkanes of at least 4 members (excludes halogenated alkanes) is 5. The second-order valence-corrected chi connectivity index (χ2v) is 17.0. The van der Waals surface area contributed by atoms with Crippen LogP contribution in [0.2, 0.25) is 0 Å². The lowest BCUT2D eigenvalue weighted by Gasteiger charge is -2.58. The van der Waals surface area contributed by atoms with E-state index in [1.54, 1.807) is 5.57 Å². The van der Waals surface area contributed by atoms with Crippen molar-refractivity contribution in [2.24, 2.45) is 46.3 Å². The number of fused-ring (bicyclic) bond motifs is 5. The second kappa shape index (κ2) is 18.8. The van der Waals surface area contributed by atoms with Gasteiger partial charge in [0, 0.05) is 12.8 Å². The van der Waals surface area contributed by atoms with Crippen LogP contribution in [0.25, 0.3) is 0 Å². The van der Waals surface area contributed by atoms with Gasteiger partial charge >= 0.3 is 5.97 Å². The van der Waals surface area contributed by atoms with E-state index in [4.69, 9.17) is 4.74 Å². The predicted molar refractivity (Wildman–Crippen MR) is 202 cm³/mol. The van der Waals surface area contributed by atoms with Crippen molar-refractivity contribution >= 4 is 5.97 Å². The number of hydrogen-bond acceptors (Lipinski definition) is 2. The predicted octanol–water partition coefficient (Wildman–Crippen LogP) is 13.3. The van der Waals surface area contributed by atoms with Crippen molar-refractivity contribution in [1.82, 2.24) is 0 Å². The van der Waals surface area contributed by atoms with Gasteiger partial charge < -0.3 is 4.74 Å². The third-order valence-electron chi connectivity index (χ3n) is 13.4. The summed E-state index contributed by atoms with van der Waals surface area (Å²) in [5.41, 5.74) is 2.50. The van der Waals surface area contributed by atoms with Crippen molar-refractivity contribution in [1.29, 1.82) is 0 Å². The monoisotopic (exact) mass is 645 g/mol. The molecule has 0 radical (unpaired) electrons. The lowest BCUT2D eigenvalue weighted by atomic mass is 9.47. The maximum Gasteiger partial charge on any atom is 0.306 e. The summed E-state index contributed by atoms with van der Waals surface area (Å²) in [5, 5.41) is 0. The minimum atomic E-state index is 0.0368. The first kappa shape index (κ1) is 38.0. The molecule has 4 aliphatic rings. The van der Waals surface area contributed by atoms with Crippen LogP contribution in [0.3, 0.4) is 0 Å². The Hall–Kier alpha value is -1.83. The van der Waals surface area contributed by atoms with Crippen LogP contribution in [-0.2, 0) is 9.53 Å². The van der Waals surface area contributed by atoms with Gasteiger partial charge in [0.05, 0.1) is 0 Å². The van der Waals surface area contributed by atoms with Crippen LogP contribution in [0, 0.1) is 46.3 Å². The van der Waals surface area contributed by atoms with E-state index in [2.05, 4.69) is 96.2 Å². The quantitative estimate of drug-likeness (QED) is 0.0642. The van der Waals surface area contributed by atoms with Crippen LogP contribution in [-0.4, -0.2) is 12.1 Å². The molecule has 0 aromatic carbocycles. The molecule has 8 unspecified atom stereocenters. The smallest absolute Gasteiger partial charge is 0.306 e. The summed E-state index contributed by atoms with van der Waals surface area (Å²) in [7, 11) is 0. The van der Waals surface area contributed by atoms with E-state index in [1.165, 1.54) is 77.0 Å². The van der Waals surface area contributed by atoms with Gasteiger partial charge in [0.15, 0.2) is 0 Å². The summed E-state index contributed by atoms with van der Waals surface area (Å²) in [5.74, 6) is 5.26. The molecule has 2 nitrogen and oxygen atoms in total. The Labute approximate surface area is 291 Å². The number of carbonyl (C=O) groups excluding carboxylic acids is 1. The highest BCUT2D eigenvalue weighted by Crippen LogP contribution is 2.67. The Morgan fingerprint density at radius 3 is 2.32 bits per heavy atom. The number of ether oxygens (including phenoxy) is 1. The summed E-state index contributed by atoms with van der Waals surface area (Å²) in [6, 6.07) is 0. The first-order valence-corrected chi connectivity index (χ1v) is 20.2. The molecule has 0 amide bonds. The van der Waals surface area contributed by atoms with Gasteiger partial charge in [-0.1, -0.05) is 140 Å². The number of carbonyl (C=O) groups is 1. The number of hydrogen-bond donors (Lipinski definition) is 0. The van der Waals surface area contributed by atoms with E-state index < -0.39 is 0 Å². The Balaban J connectivity index is 1.14. The van der Waals surface area contributed by atoms with Crippen LogP contribution in [0.5, 0.6) is 0 Å². The van der Waals surface area contributed by atoms with E-state index >= 15 is 0 Å². The van der Waals surface area contributed by atoms with Gasteiger partial charge in [0.1, 0.15) is 6.10 Å². The van der Waals surface area contributed by atoms with Gasteiger partial charge in [0.2, 0.25) is 0 Å². The van der Waals surface area contributed by atoms with Crippen LogP contribution in [0.4, 0.5) is 0 Å². The van der Waals surface area contributed by atoms with Crippen molar-refractivity contribution in [2.75, 3.05) is 0 Å². The van der Waals surface area contributed by atoms with Gasteiger partial charge in [-0.25, -0.2) is 0 Å². The third kappa shape index (κ3) is 10.3. The van der Waals surface area contributed by atoms with E-state index in [0.717, 1.165) is 74.0 Å². The molecule has 4 rings (SSSR count). The minimum Gasteiger partial charge on any atom is -0.462 e. The van der Waals surface area contributed by atoms with E-state index in [-0.39, 0.29) is 12.1 Å². The third-order valence-corrected chi connectivity index (χ3v) is 13.4. The molecule has 3 fully saturated rings. The fourth-order valence-corrected chi connectivity index (χ4v) is 10.7. The zero-order valence-electron chi connectivity index (χ0n) is 31.5. The molecule has 264 valence electrons. The van der Waals surface area contributed by atoms with Crippen LogP contribution >= 0.6 is 0 Å². The molecule has 0 aromatic heterocycles. The SMILES string of the molecule is CC/C=C/C=C/C=C/C=C/CCCCCCCC(=O)OC1CCC2(C)C(=CCC3C2CCC2(C)C(C(C)CCCC(C)C)CCC32)C1. The Bertz CT molecular complexity index is 1110. The molecule has 0 heterocycles. The summed E-state index contributed by atoms with van der Waals surface area (Å²) in [4.78, 5) is 12.8. The molecule has 0 aliphatic heterocycles. The Morgan fingerprint density at radius 2 is 1.55 bits per heavy atom. The largest absolute Gasteiger partial charge is 0.462 e. The molecule has 3 saturated carbocycles. The number of allylic oxidation sites excluding steroid dienone is 9. The van der Waals surface area contributed by atoms with E-state index in [1.807, 2.05) is 0 Å². The summed E-state index contributed by atoms with van der Waals surface area (Å²) in [6.45, 7) is 14.8. The molecule has 4 aliphatic carbocycles. The first-order valence-electron chi connectivity index (χ1n) is 20.2. The summed E-state index contributed by atoms with van der Waals surface area (Å²) >= 11 is 0. The molecular weight excluding hydrogens is 572 g/mol. The van der Waals surface area contributed by atoms with Gasteiger partial charge in [-0.3, -0.25) is 4.79 Å². The number of rotatable bonds is 18. The average Bonchev–Trinajstić information content (AvgIpc) is 3.40. The molecule has 0 saturated heterocycles. The molecule has 0 aromatic rings. The first-order chi connectivity index (χ1) is 22.7. The maximum absolute atomic E-state index is 12.8. The molecule has 0 spiro atoms. The van der Waals surface area contributed by atoms with Crippen molar-refractivity contribution in [3.8, 4) is 0 Å². The lowest BCUT2D eigenvalue weighted by Crippen LogP contribution is -2.51. The zero-order chi connectivity index (χ0) is 33.7. The molecule has 47 heavy (non-hydrogen) atoms. The van der Waals surface area contributed by atoms with Gasteiger partial charge in [-0.2, -0.15) is 0 Å². The Kier molecular flexibility index (Phi) is 15.2. The fourth-order valence-electron chi connectivity index (χ4n) is 10.7. The zero-order valence-corrected chi connectivity index (χ0v) is 31.5. The maximum atomic E-state index is 12.8. The highest BCUT2D eigenvalue weighted by molar-refractivity contribution is 5.69. The van der Waals surface area contributed by atoms with Crippen molar-refractivity contribution in [2.45, 2.75) is 170 Å². The highest BCUT2D eigenvalue weighted by atomic mass is 16.5. The molecule has 0 bridgehead atoms. The lowest BCUT2D eigenvalue weighted by molar-refractivity contribution is -0.151. The summed E-state index contributed by atoms with van der Waals surface area (Å²) in [6.07, 6.45) is 42.7.